The van der Waals surface area contributed by atoms with Crippen molar-refractivity contribution in [3.8, 4) is 0 Å². The molecule has 90 valence electrons. The average molecular weight is 306 g/mol. The van der Waals surface area contributed by atoms with E-state index in [4.69, 9.17) is 0 Å². The van der Waals surface area contributed by atoms with Crippen LogP contribution in [0.15, 0.2) is 30.3 Å². The molecule has 0 spiro atoms. The molecule has 0 atom stereocenters. The summed E-state index contributed by atoms with van der Waals surface area (Å²) in [7, 11) is -3.19. The molecule has 0 bridgehead atoms. The van der Waals surface area contributed by atoms with Crippen molar-refractivity contribution in [1.29, 1.82) is 0 Å². The summed E-state index contributed by atoms with van der Waals surface area (Å²) in [5, 5.41) is 0. The lowest BCUT2D eigenvalue weighted by Gasteiger charge is -2.25. The van der Waals surface area contributed by atoms with Crippen LogP contribution in [0, 0.1) is 0 Å². The van der Waals surface area contributed by atoms with E-state index in [1.807, 2.05) is 44.2 Å². The average Bonchev–Trinajstić information content (AvgIpc) is 2.28. The van der Waals surface area contributed by atoms with E-state index in [-0.39, 0.29) is 10.1 Å². The Kier molecular flexibility index (Phi) is 4.52. The Morgan fingerprint density at radius 3 is 2.31 bits per heavy atom. The third-order valence-corrected chi connectivity index (χ3v) is 5.11. The van der Waals surface area contributed by atoms with Crippen LogP contribution in [0.5, 0.6) is 0 Å². The number of nitrogens with one attached hydrogen (secondary N) is 1. The highest BCUT2D eigenvalue weighted by atomic mass is 79.9. The van der Waals surface area contributed by atoms with Crippen LogP contribution in [0.25, 0.3) is 0 Å². The molecule has 0 aromatic heterocycles. The second-order valence-corrected chi connectivity index (χ2v) is 7.40. The number of hydrogen-bond donors (Lipinski definition) is 1. The third-order valence-electron chi connectivity index (χ3n) is 2.43. The summed E-state index contributed by atoms with van der Waals surface area (Å²) < 4.78 is 25.1. The maximum atomic E-state index is 11.3. The van der Waals surface area contributed by atoms with E-state index in [9.17, 15) is 8.42 Å². The van der Waals surface area contributed by atoms with Gasteiger partial charge in [0.1, 0.15) is 4.66 Å². The maximum absolute atomic E-state index is 11.3. The van der Waals surface area contributed by atoms with Crippen molar-refractivity contribution in [2.45, 2.75) is 19.3 Å². The number of sulfonamides is 1. The van der Waals surface area contributed by atoms with Crippen molar-refractivity contribution < 1.29 is 8.42 Å². The van der Waals surface area contributed by atoms with Crippen molar-refractivity contribution in [3.05, 3.63) is 35.9 Å². The van der Waals surface area contributed by atoms with E-state index in [1.54, 1.807) is 0 Å². The van der Waals surface area contributed by atoms with Crippen LogP contribution in [0.1, 0.15) is 19.4 Å². The maximum Gasteiger partial charge on any atom is 0.221 e. The molecule has 0 aliphatic rings. The van der Waals surface area contributed by atoms with Gasteiger partial charge in [0, 0.05) is 12.0 Å². The Bertz CT molecular complexity index is 429. The van der Waals surface area contributed by atoms with Crippen molar-refractivity contribution >= 4 is 26.0 Å². The molecule has 0 aliphatic carbocycles. The summed E-state index contributed by atoms with van der Waals surface area (Å²) in [6, 6.07) is 9.86. The summed E-state index contributed by atoms with van der Waals surface area (Å²) in [5.41, 5.74) is 0.906. The number of rotatable bonds is 5. The molecule has 5 heteroatoms. The molecule has 0 radical (unpaired) electrons. The fourth-order valence-corrected chi connectivity index (χ4v) is 2.46. The Balaban J connectivity index is 2.74. The van der Waals surface area contributed by atoms with Gasteiger partial charge in [-0.3, -0.25) is 0 Å². The highest BCUT2D eigenvalue weighted by Gasteiger charge is 2.22. The molecule has 1 aromatic rings. The number of benzene rings is 1. The quantitative estimate of drug-likeness (QED) is 0.848. The minimum atomic E-state index is -3.19. The fourth-order valence-electron chi connectivity index (χ4n) is 1.32. The second-order valence-electron chi connectivity index (χ2n) is 4.29. The van der Waals surface area contributed by atoms with Gasteiger partial charge in [-0.25, -0.2) is 13.1 Å². The van der Waals surface area contributed by atoms with Gasteiger partial charge in [-0.1, -0.05) is 60.1 Å². The van der Waals surface area contributed by atoms with Gasteiger partial charge in [0.05, 0.1) is 0 Å². The highest BCUT2D eigenvalue weighted by molar-refractivity contribution is 9.10. The largest absolute Gasteiger partial charge is 0.221 e. The first-order valence-electron chi connectivity index (χ1n) is 4.96. The van der Waals surface area contributed by atoms with Crippen molar-refractivity contribution in [2.75, 3.05) is 11.2 Å². The Hall–Kier alpha value is -0.390. The van der Waals surface area contributed by atoms with Crippen LogP contribution in [-0.2, 0) is 15.4 Å². The summed E-state index contributed by atoms with van der Waals surface area (Å²) in [4.78, 5) is 0. The highest BCUT2D eigenvalue weighted by Crippen LogP contribution is 2.21. The monoisotopic (exact) mass is 305 g/mol. The van der Waals surface area contributed by atoms with Gasteiger partial charge < -0.3 is 0 Å². The molecule has 16 heavy (non-hydrogen) atoms. The van der Waals surface area contributed by atoms with Crippen LogP contribution >= 0.6 is 15.9 Å². The first-order chi connectivity index (χ1) is 7.37. The van der Waals surface area contributed by atoms with Crippen molar-refractivity contribution in [2.24, 2.45) is 0 Å². The zero-order valence-electron chi connectivity index (χ0n) is 9.40. The summed E-state index contributed by atoms with van der Waals surface area (Å²) in [5.74, 6) is 0. The molecule has 1 N–H and O–H groups in total. The number of hydrogen-bond acceptors (Lipinski definition) is 2. The topological polar surface area (TPSA) is 46.2 Å². The molecular weight excluding hydrogens is 290 g/mol. The van der Waals surface area contributed by atoms with Gasteiger partial charge in [0.2, 0.25) is 10.0 Å². The van der Waals surface area contributed by atoms with E-state index < -0.39 is 10.0 Å². The van der Waals surface area contributed by atoms with Crippen molar-refractivity contribution in [1.82, 2.24) is 4.72 Å². The Morgan fingerprint density at radius 2 is 1.81 bits per heavy atom. The molecule has 0 saturated carbocycles. The molecule has 0 fully saturated rings. The summed E-state index contributed by atoms with van der Waals surface area (Å²) >= 11 is 2.94. The smallest absolute Gasteiger partial charge is 0.214 e. The molecule has 0 heterocycles. The molecule has 0 saturated heterocycles. The number of alkyl halides is 1. The Labute approximate surface area is 105 Å². The lowest BCUT2D eigenvalue weighted by molar-refractivity contribution is 0.503. The minimum Gasteiger partial charge on any atom is -0.214 e. The van der Waals surface area contributed by atoms with Gasteiger partial charge in [0.15, 0.2) is 0 Å². The van der Waals surface area contributed by atoms with Gasteiger partial charge in [-0.15, -0.1) is 0 Å². The molecule has 1 rings (SSSR count). The molecule has 0 aliphatic heterocycles. The first-order valence-corrected chi connectivity index (χ1v) is 7.73. The van der Waals surface area contributed by atoms with E-state index in [1.165, 1.54) is 0 Å². The molecule has 0 amide bonds. The van der Waals surface area contributed by atoms with Crippen LogP contribution < -0.4 is 4.72 Å². The van der Waals surface area contributed by atoms with Gasteiger partial charge >= 0.3 is 0 Å². The van der Waals surface area contributed by atoms with E-state index in [0.717, 1.165) is 5.56 Å². The predicted molar refractivity (Wildman–Crippen MR) is 70.2 cm³/mol. The molecule has 0 unspecified atom stereocenters. The van der Waals surface area contributed by atoms with E-state index in [2.05, 4.69) is 20.7 Å². The third kappa shape index (κ3) is 3.88. The van der Waals surface area contributed by atoms with Crippen LogP contribution in [0.2, 0.25) is 0 Å². The van der Waals surface area contributed by atoms with Gasteiger partial charge in [-0.05, 0) is 5.56 Å². The second kappa shape index (κ2) is 5.29. The molecule has 1 aromatic carbocycles. The van der Waals surface area contributed by atoms with Crippen LogP contribution in [-0.4, -0.2) is 19.6 Å². The SMILES string of the molecule is CC(C)(CNS(=O)(=O)CBr)c1ccccc1. The number of halogens is 1. The Morgan fingerprint density at radius 1 is 1.25 bits per heavy atom. The lowest BCUT2D eigenvalue weighted by Crippen LogP contribution is -2.36. The molecule has 3 nitrogen and oxygen atoms in total. The zero-order valence-corrected chi connectivity index (χ0v) is 11.8. The zero-order chi connectivity index (χ0) is 12.2. The standard InChI is InChI=1S/C11H16BrNO2S/c1-11(2,8-13-16(14,15)9-12)10-6-4-3-5-7-10/h3-7,13H,8-9H2,1-2H3. The van der Waals surface area contributed by atoms with Crippen LogP contribution in [0.3, 0.4) is 0 Å². The minimum absolute atomic E-state index is 0.0646. The molecular formula is C11H16BrNO2S. The predicted octanol–water partition coefficient (Wildman–Crippen LogP) is 2.24. The van der Waals surface area contributed by atoms with Crippen molar-refractivity contribution in [3.63, 3.8) is 0 Å². The fraction of sp³-hybridized carbons (Fsp3) is 0.455. The van der Waals surface area contributed by atoms with Gasteiger partial charge in [0.25, 0.3) is 0 Å². The lowest BCUT2D eigenvalue weighted by atomic mass is 9.85. The van der Waals surface area contributed by atoms with E-state index >= 15 is 0 Å². The summed E-state index contributed by atoms with van der Waals surface area (Å²) in [6.07, 6.45) is 0. The van der Waals surface area contributed by atoms with Crippen LogP contribution in [0.4, 0.5) is 0 Å². The summed E-state index contributed by atoms with van der Waals surface area (Å²) in [6.45, 7) is 4.42. The normalized spacial score (nSPS) is 12.7. The van der Waals surface area contributed by atoms with Gasteiger partial charge in [-0.2, -0.15) is 0 Å². The van der Waals surface area contributed by atoms with E-state index in [0.29, 0.717) is 6.54 Å². The first kappa shape index (κ1) is 13.7.